The van der Waals surface area contributed by atoms with Crippen molar-refractivity contribution in [2.24, 2.45) is 0 Å². The number of aliphatic hydroxyl groups is 2. The number of hydrogen-bond acceptors (Lipinski definition) is 4. The van der Waals surface area contributed by atoms with Crippen molar-refractivity contribution < 1.29 is 30.0 Å². The molecule has 0 aliphatic heterocycles. The molecule has 0 fully saturated rings. The summed E-state index contributed by atoms with van der Waals surface area (Å²) in [5, 5.41) is 34.2. The molecule has 33 heavy (non-hydrogen) atoms. The zero-order valence-corrected chi connectivity index (χ0v) is 20.2. The van der Waals surface area contributed by atoms with Gasteiger partial charge >= 0.3 is 11.9 Å². The summed E-state index contributed by atoms with van der Waals surface area (Å²) in [5.41, 5.74) is 3.15. The van der Waals surface area contributed by atoms with E-state index in [9.17, 15) is 9.59 Å². The SMILES string of the molecule is CCC(O)CCO.CCCCc1ccc(C(=O)O)cc1.CCCCc1ccc(C(=O)O)cc1. The molecular formula is C27H40O6. The summed E-state index contributed by atoms with van der Waals surface area (Å²) in [6.45, 7) is 6.27. The second-order valence-corrected chi connectivity index (χ2v) is 7.79. The Labute approximate surface area is 197 Å². The van der Waals surface area contributed by atoms with Crippen molar-refractivity contribution in [3.8, 4) is 0 Å². The van der Waals surface area contributed by atoms with E-state index in [-0.39, 0.29) is 12.7 Å². The highest BCUT2D eigenvalue weighted by atomic mass is 16.4. The fourth-order valence-corrected chi connectivity index (χ4v) is 2.74. The molecule has 0 aliphatic rings. The summed E-state index contributed by atoms with van der Waals surface area (Å²) in [6, 6.07) is 14.2. The van der Waals surface area contributed by atoms with Crippen LogP contribution in [-0.2, 0) is 12.8 Å². The molecular weight excluding hydrogens is 420 g/mol. The van der Waals surface area contributed by atoms with Crippen LogP contribution < -0.4 is 0 Å². The molecule has 1 unspecified atom stereocenters. The summed E-state index contributed by atoms with van der Waals surface area (Å²) in [5.74, 6) is -1.72. The maximum atomic E-state index is 10.5. The lowest BCUT2D eigenvalue weighted by atomic mass is 10.1. The predicted molar refractivity (Wildman–Crippen MR) is 132 cm³/mol. The Kier molecular flexibility index (Phi) is 17.3. The van der Waals surface area contributed by atoms with E-state index in [2.05, 4.69) is 13.8 Å². The summed E-state index contributed by atoms with van der Waals surface area (Å²) in [7, 11) is 0. The summed E-state index contributed by atoms with van der Waals surface area (Å²) < 4.78 is 0. The normalized spacial score (nSPS) is 10.8. The summed E-state index contributed by atoms with van der Waals surface area (Å²) >= 11 is 0. The molecule has 4 N–H and O–H groups in total. The molecule has 0 spiro atoms. The average molecular weight is 461 g/mol. The molecule has 0 radical (unpaired) electrons. The molecule has 0 heterocycles. The number of rotatable bonds is 11. The van der Waals surface area contributed by atoms with Crippen molar-refractivity contribution in [2.75, 3.05) is 6.61 Å². The standard InChI is InChI=1S/2C11H14O2.C5H12O2/c2*1-2-3-4-9-5-7-10(8-6-9)11(12)13;1-2-5(7)3-4-6/h2*5-8H,2-4H2,1H3,(H,12,13);5-7H,2-4H2,1H3. The molecule has 0 saturated heterocycles. The number of aromatic carboxylic acids is 2. The maximum Gasteiger partial charge on any atom is 0.335 e. The van der Waals surface area contributed by atoms with Crippen LogP contribution in [0.15, 0.2) is 48.5 Å². The van der Waals surface area contributed by atoms with Crippen LogP contribution in [0.1, 0.15) is 91.1 Å². The van der Waals surface area contributed by atoms with Gasteiger partial charge in [-0.2, -0.15) is 0 Å². The van der Waals surface area contributed by atoms with Crippen molar-refractivity contribution in [1.29, 1.82) is 0 Å². The molecule has 2 rings (SSSR count). The zero-order valence-electron chi connectivity index (χ0n) is 20.2. The molecule has 1 atom stereocenters. The van der Waals surface area contributed by atoms with Crippen LogP contribution in [0.3, 0.4) is 0 Å². The number of carboxylic acid groups (broad SMARTS) is 2. The fourth-order valence-electron chi connectivity index (χ4n) is 2.74. The number of carbonyl (C=O) groups is 2. The van der Waals surface area contributed by atoms with Gasteiger partial charge in [0, 0.05) is 6.61 Å². The van der Waals surface area contributed by atoms with E-state index in [1.165, 1.54) is 24.0 Å². The van der Waals surface area contributed by atoms with E-state index in [4.69, 9.17) is 20.4 Å². The van der Waals surface area contributed by atoms with Gasteiger partial charge in [-0.3, -0.25) is 0 Å². The lowest BCUT2D eigenvalue weighted by Gasteiger charge is -2.01. The first-order valence-corrected chi connectivity index (χ1v) is 11.7. The van der Waals surface area contributed by atoms with E-state index in [1.54, 1.807) is 24.3 Å². The Bertz CT molecular complexity index is 707. The molecule has 6 heteroatoms. The summed E-state index contributed by atoms with van der Waals surface area (Å²) in [6.07, 6.45) is 7.68. The minimum absolute atomic E-state index is 0.0923. The van der Waals surface area contributed by atoms with Crippen LogP contribution in [-0.4, -0.2) is 45.1 Å². The molecule has 0 aliphatic carbocycles. The number of benzene rings is 2. The fraction of sp³-hybridized carbons (Fsp3) is 0.481. The van der Waals surface area contributed by atoms with E-state index >= 15 is 0 Å². The smallest absolute Gasteiger partial charge is 0.335 e. The van der Waals surface area contributed by atoms with Gasteiger partial charge < -0.3 is 20.4 Å². The van der Waals surface area contributed by atoms with E-state index in [0.29, 0.717) is 17.5 Å². The Balaban J connectivity index is 0.000000490. The second kappa shape index (κ2) is 18.8. The topological polar surface area (TPSA) is 115 Å². The maximum absolute atomic E-state index is 10.5. The van der Waals surface area contributed by atoms with Crippen LogP contribution in [0, 0.1) is 0 Å². The number of aliphatic hydroxyl groups excluding tert-OH is 2. The van der Waals surface area contributed by atoms with Crippen molar-refractivity contribution in [3.63, 3.8) is 0 Å². The van der Waals surface area contributed by atoms with Gasteiger partial charge in [-0.15, -0.1) is 0 Å². The van der Waals surface area contributed by atoms with E-state index in [0.717, 1.165) is 32.1 Å². The second-order valence-electron chi connectivity index (χ2n) is 7.79. The first-order chi connectivity index (χ1) is 15.8. The molecule has 0 bridgehead atoms. The van der Waals surface area contributed by atoms with Crippen molar-refractivity contribution in [3.05, 3.63) is 70.8 Å². The van der Waals surface area contributed by atoms with Crippen molar-refractivity contribution in [1.82, 2.24) is 0 Å². The van der Waals surface area contributed by atoms with Crippen LogP contribution in [0.5, 0.6) is 0 Å². The van der Waals surface area contributed by atoms with Gasteiger partial charge in [0.05, 0.1) is 17.2 Å². The largest absolute Gasteiger partial charge is 0.478 e. The van der Waals surface area contributed by atoms with Gasteiger partial charge in [0.25, 0.3) is 0 Å². The minimum Gasteiger partial charge on any atom is -0.478 e. The van der Waals surface area contributed by atoms with Gasteiger partial charge in [-0.05, 0) is 73.9 Å². The van der Waals surface area contributed by atoms with Crippen LogP contribution >= 0.6 is 0 Å². The van der Waals surface area contributed by atoms with Gasteiger partial charge in [0.15, 0.2) is 0 Å². The van der Waals surface area contributed by atoms with Crippen LogP contribution in [0.4, 0.5) is 0 Å². The minimum atomic E-state index is -0.859. The third-order valence-corrected chi connectivity index (χ3v) is 4.97. The molecule has 0 amide bonds. The highest BCUT2D eigenvalue weighted by Crippen LogP contribution is 2.08. The first-order valence-electron chi connectivity index (χ1n) is 11.7. The van der Waals surface area contributed by atoms with Gasteiger partial charge in [0.2, 0.25) is 0 Å². The number of unbranched alkanes of at least 4 members (excludes halogenated alkanes) is 2. The Morgan fingerprint density at radius 1 is 0.727 bits per heavy atom. The third kappa shape index (κ3) is 14.9. The Morgan fingerprint density at radius 3 is 1.30 bits per heavy atom. The first kappa shape index (κ1) is 30.3. The molecule has 0 saturated carbocycles. The lowest BCUT2D eigenvalue weighted by Crippen LogP contribution is -2.05. The quantitative estimate of drug-likeness (QED) is 0.347. The Hall–Kier alpha value is -2.70. The summed E-state index contributed by atoms with van der Waals surface area (Å²) in [4.78, 5) is 21.1. The van der Waals surface area contributed by atoms with Gasteiger partial charge in [0.1, 0.15) is 0 Å². The molecule has 6 nitrogen and oxygen atoms in total. The number of carboxylic acids is 2. The molecule has 2 aromatic rings. The van der Waals surface area contributed by atoms with Crippen molar-refractivity contribution >= 4 is 11.9 Å². The van der Waals surface area contributed by atoms with E-state index in [1.807, 2.05) is 31.2 Å². The van der Waals surface area contributed by atoms with Gasteiger partial charge in [-0.1, -0.05) is 57.9 Å². The molecule has 2 aromatic carbocycles. The highest BCUT2D eigenvalue weighted by Gasteiger charge is 2.01. The number of aryl methyl sites for hydroxylation is 2. The van der Waals surface area contributed by atoms with E-state index < -0.39 is 11.9 Å². The van der Waals surface area contributed by atoms with Gasteiger partial charge in [-0.25, -0.2) is 9.59 Å². The zero-order chi connectivity index (χ0) is 25.1. The molecule has 0 aromatic heterocycles. The monoisotopic (exact) mass is 460 g/mol. The average Bonchev–Trinajstić information content (AvgIpc) is 2.82. The lowest BCUT2D eigenvalue weighted by molar-refractivity contribution is 0.0686. The van der Waals surface area contributed by atoms with Crippen LogP contribution in [0.25, 0.3) is 0 Å². The van der Waals surface area contributed by atoms with Crippen LogP contribution in [0.2, 0.25) is 0 Å². The predicted octanol–water partition coefficient (Wildman–Crippen LogP) is 5.59. The number of hydrogen-bond donors (Lipinski definition) is 4. The van der Waals surface area contributed by atoms with Crippen molar-refractivity contribution in [2.45, 2.75) is 78.2 Å². The Morgan fingerprint density at radius 2 is 1.09 bits per heavy atom. The third-order valence-electron chi connectivity index (χ3n) is 4.97. The highest BCUT2D eigenvalue weighted by molar-refractivity contribution is 5.87. The molecule has 184 valence electrons.